The van der Waals surface area contributed by atoms with Crippen molar-refractivity contribution in [2.45, 2.75) is 58.3 Å². The van der Waals surface area contributed by atoms with E-state index in [2.05, 4.69) is 15.3 Å². The second kappa shape index (κ2) is 8.06. The molecule has 0 radical (unpaired) electrons. The number of aromatic nitrogens is 2. The lowest BCUT2D eigenvalue weighted by atomic mass is 10.2. The third-order valence-electron chi connectivity index (χ3n) is 5.21. The van der Waals surface area contributed by atoms with Crippen LogP contribution in [0.1, 0.15) is 44.0 Å². The molecule has 1 aromatic rings. The van der Waals surface area contributed by atoms with Crippen LogP contribution in [0, 0.1) is 0 Å². The van der Waals surface area contributed by atoms with Gasteiger partial charge >= 0.3 is 0 Å². The average Bonchev–Trinajstić information content (AvgIpc) is 3.19. The third kappa shape index (κ3) is 4.44. The zero-order valence-electron chi connectivity index (χ0n) is 15.6. The fraction of sp³-hybridized carbons (Fsp3) is 0.765. The van der Waals surface area contributed by atoms with Gasteiger partial charge in [-0.3, -0.25) is 14.4 Å². The summed E-state index contributed by atoms with van der Waals surface area (Å²) in [5.41, 5.74) is 1.66. The minimum absolute atomic E-state index is 0.0513. The summed E-state index contributed by atoms with van der Waals surface area (Å²) in [6, 6.07) is 1.83. The van der Waals surface area contributed by atoms with Crippen LogP contribution in [-0.2, 0) is 34.5 Å². The van der Waals surface area contributed by atoms with Crippen molar-refractivity contribution >= 4 is 15.9 Å². The van der Waals surface area contributed by atoms with Gasteiger partial charge in [0.15, 0.2) is 0 Å². The Labute approximate surface area is 155 Å². The van der Waals surface area contributed by atoms with Gasteiger partial charge < -0.3 is 5.32 Å². The molecule has 1 saturated heterocycles. The Morgan fingerprint density at radius 3 is 2.62 bits per heavy atom. The number of hydrogen-bond donors (Lipinski definition) is 1. The number of carbonyl (C=O) groups is 1. The number of aryl methyl sites for hydroxylation is 1. The number of likely N-dealkylation sites (tertiary alicyclic amines) is 1. The number of amides is 1. The first-order valence-corrected chi connectivity index (χ1v) is 11.3. The van der Waals surface area contributed by atoms with Crippen LogP contribution in [-0.4, -0.2) is 65.2 Å². The average molecular weight is 384 g/mol. The Kier molecular flexibility index (Phi) is 5.99. The molecule has 3 rings (SSSR count). The number of fused-ring (bicyclic) bond motifs is 1. The van der Waals surface area contributed by atoms with Crippen molar-refractivity contribution in [3.05, 3.63) is 17.5 Å². The summed E-state index contributed by atoms with van der Waals surface area (Å²) < 4.78 is 27.0. The number of nitrogens with one attached hydrogen (secondary N) is 1. The third-order valence-corrected chi connectivity index (χ3v) is 6.46. The van der Waals surface area contributed by atoms with Crippen molar-refractivity contribution in [3.8, 4) is 0 Å². The van der Waals surface area contributed by atoms with E-state index in [4.69, 9.17) is 0 Å². The number of sulfonamides is 1. The van der Waals surface area contributed by atoms with Gasteiger partial charge in [0.05, 0.1) is 36.8 Å². The normalized spacial score (nSPS) is 20.5. The Morgan fingerprint density at radius 2 is 1.96 bits per heavy atom. The summed E-state index contributed by atoms with van der Waals surface area (Å²) >= 11 is 0. The number of nitrogens with zero attached hydrogens (tertiary/aromatic N) is 4. The molecule has 2 aliphatic heterocycles. The molecule has 1 fully saturated rings. The van der Waals surface area contributed by atoms with Gasteiger partial charge in [-0.05, 0) is 44.8 Å². The molecular formula is C17H29N5O3S. The first-order valence-electron chi connectivity index (χ1n) is 9.41. The summed E-state index contributed by atoms with van der Waals surface area (Å²) in [6.45, 7) is 5.95. The summed E-state index contributed by atoms with van der Waals surface area (Å²) in [5, 5.41) is 7.55. The molecule has 8 nitrogen and oxygen atoms in total. The SMILES string of the molecule is CC[C@H](C(=O)NCc1cc2n(n1)CCCN(S(C)(=O)=O)C2)N1CCCC1. The van der Waals surface area contributed by atoms with E-state index in [9.17, 15) is 13.2 Å². The van der Waals surface area contributed by atoms with E-state index in [-0.39, 0.29) is 11.9 Å². The largest absolute Gasteiger partial charge is 0.349 e. The summed E-state index contributed by atoms with van der Waals surface area (Å²) in [4.78, 5) is 14.8. The van der Waals surface area contributed by atoms with E-state index >= 15 is 0 Å². The van der Waals surface area contributed by atoms with Crippen LogP contribution in [0.25, 0.3) is 0 Å². The van der Waals surface area contributed by atoms with E-state index < -0.39 is 10.0 Å². The van der Waals surface area contributed by atoms with E-state index in [1.165, 1.54) is 10.6 Å². The van der Waals surface area contributed by atoms with Crippen molar-refractivity contribution in [1.29, 1.82) is 0 Å². The molecule has 1 aromatic heterocycles. The maximum atomic E-state index is 12.5. The molecular weight excluding hydrogens is 354 g/mol. The molecule has 3 heterocycles. The molecule has 0 aliphatic carbocycles. The molecule has 0 aromatic carbocycles. The van der Waals surface area contributed by atoms with Crippen molar-refractivity contribution in [2.75, 3.05) is 25.9 Å². The van der Waals surface area contributed by atoms with Gasteiger partial charge in [-0.15, -0.1) is 0 Å². The molecule has 1 N–H and O–H groups in total. The van der Waals surface area contributed by atoms with Gasteiger partial charge in [0.2, 0.25) is 15.9 Å². The number of carbonyl (C=O) groups excluding carboxylic acids is 1. The highest BCUT2D eigenvalue weighted by atomic mass is 32.2. The van der Waals surface area contributed by atoms with Gasteiger partial charge in [-0.1, -0.05) is 6.92 Å². The van der Waals surface area contributed by atoms with Crippen LogP contribution in [0.5, 0.6) is 0 Å². The molecule has 1 atom stereocenters. The van der Waals surface area contributed by atoms with Crippen LogP contribution in [0.2, 0.25) is 0 Å². The van der Waals surface area contributed by atoms with Gasteiger partial charge in [0.25, 0.3) is 0 Å². The Hall–Kier alpha value is -1.45. The monoisotopic (exact) mass is 383 g/mol. The van der Waals surface area contributed by atoms with Crippen molar-refractivity contribution in [1.82, 2.24) is 24.3 Å². The molecule has 26 heavy (non-hydrogen) atoms. The van der Waals surface area contributed by atoms with Crippen LogP contribution < -0.4 is 5.32 Å². The van der Waals surface area contributed by atoms with Crippen molar-refractivity contribution in [3.63, 3.8) is 0 Å². The predicted octanol–water partition coefficient (Wildman–Crippen LogP) is 0.539. The number of rotatable bonds is 6. The molecule has 0 unspecified atom stereocenters. The Morgan fingerprint density at radius 1 is 1.23 bits per heavy atom. The zero-order chi connectivity index (χ0) is 18.7. The molecule has 0 bridgehead atoms. The second-order valence-corrected chi connectivity index (χ2v) is 9.17. The predicted molar refractivity (Wildman–Crippen MR) is 98.8 cm³/mol. The first kappa shape index (κ1) is 19.3. The molecule has 0 saturated carbocycles. The van der Waals surface area contributed by atoms with Gasteiger partial charge in [0, 0.05) is 13.1 Å². The molecule has 0 spiro atoms. The second-order valence-electron chi connectivity index (χ2n) is 7.19. The fourth-order valence-electron chi connectivity index (χ4n) is 3.82. The summed E-state index contributed by atoms with van der Waals surface area (Å²) in [7, 11) is -3.22. The van der Waals surface area contributed by atoms with Crippen LogP contribution in [0.4, 0.5) is 0 Å². The summed E-state index contributed by atoms with van der Waals surface area (Å²) in [5.74, 6) is 0.0513. The van der Waals surface area contributed by atoms with Crippen LogP contribution >= 0.6 is 0 Å². The maximum Gasteiger partial charge on any atom is 0.237 e. The van der Waals surface area contributed by atoms with Crippen molar-refractivity contribution < 1.29 is 13.2 Å². The van der Waals surface area contributed by atoms with Gasteiger partial charge in [0.1, 0.15) is 0 Å². The van der Waals surface area contributed by atoms with E-state index in [0.29, 0.717) is 26.2 Å². The molecule has 146 valence electrons. The highest BCUT2D eigenvalue weighted by Crippen LogP contribution is 2.17. The summed E-state index contributed by atoms with van der Waals surface area (Å²) in [6.07, 6.45) is 5.10. The van der Waals surface area contributed by atoms with Gasteiger partial charge in [-0.25, -0.2) is 8.42 Å². The first-order chi connectivity index (χ1) is 12.4. The van der Waals surface area contributed by atoms with Crippen molar-refractivity contribution in [2.24, 2.45) is 0 Å². The number of hydrogen-bond acceptors (Lipinski definition) is 5. The lowest BCUT2D eigenvalue weighted by molar-refractivity contribution is -0.126. The molecule has 2 aliphatic rings. The standard InChI is InChI=1S/C17H29N5O3S/c1-3-16(20-7-4-5-8-20)17(23)18-12-14-11-15-13-21(26(2,24)25)9-6-10-22(15)19-14/h11,16H,3-10,12-13H2,1-2H3,(H,18,23)/t16-/m1/s1. The topological polar surface area (TPSA) is 87.5 Å². The van der Waals surface area contributed by atoms with E-state index in [1.807, 2.05) is 17.7 Å². The minimum Gasteiger partial charge on any atom is -0.349 e. The molecule has 9 heteroatoms. The highest BCUT2D eigenvalue weighted by Gasteiger charge is 2.27. The Bertz CT molecular complexity index is 740. The smallest absolute Gasteiger partial charge is 0.237 e. The fourth-order valence-corrected chi connectivity index (χ4v) is 4.65. The zero-order valence-corrected chi connectivity index (χ0v) is 16.5. The highest BCUT2D eigenvalue weighted by molar-refractivity contribution is 7.88. The lowest BCUT2D eigenvalue weighted by Crippen LogP contribution is -2.45. The van der Waals surface area contributed by atoms with Crippen LogP contribution in [0.3, 0.4) is 0 Å². The quantitative estimate of drug-likeness (QED) is 0.775. The van der Waals surface area contributed by atoms with E-state index in [0.717, 1.165) is 50.2 Å². The molecule has 1 amide bonds. The maximum absolute atomic E-state index is 12.5. The van der Waals surface area contributed by atoms with Crippen LogP contribution in [0.15, 0.2) is 6.07 Å². The van der Waals surface area contributed by atoms with Gasteiger partial charge in [-0.2, -0.15) is 9.40 Å². The Balaban J connectivity index is 1.62. The van der Waals surface area contributed by atoms with E-state index in [1.54, 1.807) is 0 Å². The minimum atomic E-state index is -3.22. The lowest BCUT2D eigenvalue weighted by Gasteiger charge is -2.25.